The van der Waals surface area contributed by atoms with Crippen molar-refractivity contribution in [3.05, 3.63) is 54.1 Å². The number of Topliss-reactive ketones (excluding diaryl/α,β-unsaturated/α-hetero) is 1. The van der Waals surface area contributed by atoms with Gasteiger partial charge < -0.3 is 9.88 Å². The molecule has 1 heterocycles. The van der Waals surface area contributed by atoms with Crippen molar-refractivity contribution in [2.75, 3.05) is 6.54 Å². The number of nitrogens with one attached hydrogen (secondary N) is 1. The summed E-state index contributed by atoms with van der Waals surface area (Å²) in [5.74, 6) is 0.640. The van der Waals surface area contributed by atoms with E-state index in [2.05, 4.69) is 24.1 Å². The predicted molar refractivity (Wildman–Crippen MR) is 89.2 cm³/mol. The number of hydrogen-bond acceptors (Lipinski definition) is 3. The van der Waals surface area contributed by atoms with Gasteiger partial charge in [-0.15, -0.1) is 0 Å². The van der Waals surface area contributed by atoms with Crippen molar-refractivity contribution < 1.29 is 4.79 Å². The molecule has 4 heteroatoms. The third-order valence-electron chi connectivity index (χ3n) is 3.86. The predicted octanol–water partition coefficient (Wildman–Crippen LogP) is 3.26. The second-order valence-electron chi connectivity index (χ2n) is 5.97. The number of aromatic nitrogens is 2. The second-order valence-corrected chi connectivity index (χ2v) is 5.97. The van der Waals surface area contributed by atoms with E-state index in [1.54, 1.807) is 6.20 Å². The van der Waals surface area contributed by atoms with Gasteiger partial charge in [-0.05, 0) is 31.4 Å². The van der Waals surface area contributed by atoms with Crippen LogP contribution in [0.25, 0.3) is 0 Å². The molecule has 0 amide bonds. The first-order valence-corrected chi connectivity index (χ1v) is 7.91. The number of ketones is 1. The Bertz CT molecular complexity index is 573. The monoisotopic (exact) mass is 299 g/mol. The molecular weight excluding hydrogens is 274 g/mol. The van der Waals surface area contributed by atoms with Gasteiger partial charge in [-0.2, -0.15) is 0 Å². The van der Waals surface area contributed by atoms with Gasteiger partial charge >= 0.3 is 0 Å². The zero-order valence-corrected chi connectivity index (χ0v) is 13.6. The summed E-state index contributed by atoms with van der Waals surface area (Å²) in [4.78, 5) is 16.4. The molecule has 1 aromatic heterocycles. The Labute approximate surface area is 132 Å². The molecule has 1 atom stereocenters. The smallest absolute Gasteiger partial charge is 0.179 e. The van der Waals surface area contributed by atoms with Crippen molar-refractivity contribution in [2.45, 2.75) is 45.7 Å². The van der Waals surface area contributed by atoms with Crippen LogP contribution in [0, 0.1) is 0 Å². The van der Waals surface area contributed by atoms with E-state index in [1.165, 1.54) is 5.56 Å². The molecule has 1 aromatic carbocycles. The fraction of sp³-hybridized carbons (Fsp3) is 0.444. The number of hydrogen-bond donors (Lipinski definition) is 1. The highest BCUT2D eigenvalue weighted by Gasteiger charge is 2.14. The van der Waals surface area contributed by atoms with Crippen LogP contribution in [0.5, 0.6) is 0 Å². The summed E-state index contributed by atoms with van der Waals surface area (Å²) in [5, 5.41) is 3.30. The van der Waals surface area contributed by atoms with Crippen molar-refractivity contribution in [1.82, 2.24) is 14.9 Å². The Kier molecular flexibility index (Phi) is 5.90. The molecule has 0 aliphatic carbocycles. The lowest BCUT2D eigenvalue weighted by atomic mass is 9.99. The quantitative estimate of drug-likeness (QED) is 0.601. The highest BCUT2D eigenvalue weighted by molar-refractivity contribution is 5.99. The molecule has 0 radical (unpaired) electrons. The van der Waals surface area contributed by atoms with Crippen LogP contribution in [0.3, 0.4) is 0 Å². The fourth-order valence-corrected chi connectivity index (χ4v) is 2.37. The minimum absolute atomic E-state index is 0.151. The van der Waals surface area contributed by atoms with Gasteiger partial charge in [0.25, 0.3) is 0 Å². The van der Waals surface area contributed by atoms with E-state index in [0.29, 0.717) is 5.92 Å². The summed E-state index contributed by atoms with van der Waals surface area (Å²) >= 11 is 0. The van der Waals surface area contributed by atoms with Crippen molar-refractivity contribution >= 4 is 5.78 Å². The minimum atomic E-state index is -0.160. The van der Waals surface area contributed by atoms with Gasteiger partial charge in [0.2, 0.25) is 0 Å². The van der Waals surface area contributed by atoms with Gasteiger partial charge in [-0.25, -0.2) is 4.98 Å². The molecule has 0 aliphatic rings. The Balaban J connectivity index is 1.78. The van der Waals surface area contributed by atoms with Crippen LogP contribution in [0.1, 0.15) is 49.0 Å². The van der Waals surface area contributed by atoms with E-state index in [0.717, 1.165) is 25.1 Å². The van der Waals surface area contributed by atoms with E-state index >= 15 is 0 Å². The number of benzene rings is 1. The van der Waals surface area contributed by atoms with Crippen molar-refractivity contribution in [3.8, 4) is 0 Å². The molecule has 2 rings (SSSR count). The summed E-state index contributed by atoms with van der Waals surface area (Å²) in [6.07, 6.45) is 6.51. The Hall–Kier alpha value is -1.94. The average Bonchev–Trinajstić information content (AvgIpc) is 3.04. The molecule has 0 bridgehead atoms. The molecular formula is C18H25N3O. The highest BCUT2D eigenvalue weighted by Crippen LogP contribution is 2.15. The summed E-state index contributed by atoms with van der Waals surface area (Å²) in [6.45, 7) is 7.96. The average molecular weight is 299 g/mol. The maximum Gasteiger partial charge on any atom is 0.179 e. The Morgan fingerprint density at radius 1 is 1.23 bits per heavy atom. The standard InChI is InChI=1S/C18H25N3O/c1-14(2)16-5-7-17(8-6-16)18(22)15(3)20-9-4-11-21-12-10-19-13-21/h5-8,10,12-15,20H,4,9,11H2,1-3H3. The number of carbonyl (C=O) groups is 1. The van der Waals surface area contributed by atoms with Gasteiger partial charge in [0.05, 0.1) is 12.4 Å². The van der Waals surface area contributed by atoms with Crippen LogP contribution < -0.4 is 5.32 Å². The molecule has 1 unspecified atom stereocenters. The van der Waals surface area contributed by atoms with Gasteiger partial charge in [0.1, 0.15) is 0 Å². The zero-order chi connectivity index (χ0) is 15.9. The Morgan fingerprint density at radius 3 is 2.55 bits per heavy atom. The van der Waals surface area contributed by atoms with Gasteiger partial charge in [0.15, 0.2) is 5.78 Å². The number of aryl methyl sites for hydroxylation is 1. The van der Waals surface area contributed by atoms with E-state index in [-0.39, 0.29) is 11.8 Å². The molecule has 0 fully saturated rings. The maximum absolute atomic E-state index is 12.4. The third kappa shape index (κ3) is 4.53. The Morgan fingerprint density at radius 2 is 1.95 bits per heavy atom. The topological polar surface area (TPSA) is 46.9 Å². The second kappa shape index (κ2) is 7.90. The zero-order valence-electron chi connectivity index (χ0n) is 13.6. The molecule has 22 heavy (non-hydrogen) atoms. The normalized spacial score (nSPS) is 12.5. The lowest BCUT2D eigenvalue weighted by Crippen LogP contribution is -2.35. The lowest BCUT2D eigenvalue weighted by molar-refractivity contribution is 0.0951. The molecule has 2 aromatic rings. The number of nitrogens with zero attached hydrogens (tertiary/aromatic N) is 2. The number of carbonyl (C=O) groups excluding carboxylic acids is 1. The van der Waals surface area contributed by atoms with E-state index in [4.69, 9.17) is 0 Å². The van der Waals surface area contributed by atoms with Crippen molar-refractivity contribution in [1.29, 1.82) is 0 Å². The largest absolute Gasteiger partial charge is 0.337 e. The lowest BCUT2D eigenvalue weighted by Gasteiger charge is -2.14. The summed E-state index contributed by atoms with van der Waals surface area (Å²) in [5.41, 5.74) is 2.04. The number of rotatable bonds is 8. The van der Waals surface area contributed by atoms with Gasteiger partial charge in [-0.3, -0.25) is 4.79 Å². The van der Waals surface area contributed by atoms with Gasteiger partial charge in [0, 0.05) is 24.5 Å². The first-order chi connectivity index (χ1) is 10.6. The van der Waals surface area contributed by atoms with Crippen molar-refractivity contribution in [2.24, 2.45) is 0 Å². The van der Waals surface area contributed by atoms with Crippen LogP contribution in [0.15, 0.2) is 43.0 Å². The summed E-state index contributed by atoms with van der Waals surface area (Å²) in [7, 11) is 0. The van der Waals surface area contributed by atoms with Crippen LogP contribution in [-0.4, -0.2) is 27.9 Å². The maximum atomic E-state index is 12.4. The van der Waals surface area contributed by atoms with Gasteiger partial charge in [-0.1, -0.05) is 38.1 Å². The highest BCUT2D eigenvalue weighted by atomic mass is 16.1. The summed E-state index contributed by atoms with van der Waals surface area (Å²) < 4.78 is 2.04. The molecule has 0 saturated heterocycles. The molecule has 0 aliphatic heterocycles. The third-order valence-corrected chi connectivity index (χ3v) is 3.86. The summed E-state index contributed by atoms with van der Waals surface area (Å²) in [6, 6.07) is 7.79. The molecule has 0 saturated carbocycles. The molecule has 1 N–H and O–H groups in total. The van der Waals surface area contributed by atoms with Crippen molar-refractivity contribution in [3.63, 3.8) is 0 Å². The minimum Gasteiger partial charge on any atom is -0.337 e. The first kappa shape index (κ1) is 16.4. The SMILES string of the molecule is CC(NCCCn1ccnc1)C(=O)c1ccc(C(C)C)cc1. The van der Waals surface area contributed by atoms with Crippen LogP contribution in [0.2, 0.25) is 0 Å². The van der Waals surface area contributed by atoms with E-state index in [9.17, 15) is 4.79 Å². The van der Waals surface area contributed by atoms with E-state index < -0.39 is 0 Å². The van der Waals surface area contributed by atoms with Crippen LogP contribution in [-0.2, 0) is 6.54 Å². The van der Waals surface area contributed by atoms with E-state index in [1.807, 2.05) is 48.3 Å². The molecule has 0 spiro atoms. The molecule has 4 nitrogen and oxygen atoms in total. The number of imidazole rings is 1. The van der Waals surface area contributed by atoms with Crippen LogP contribution in [0.4, 0.5) is 0 Å². The molecule has 118 valence electrons. The fourth-order valence-electron chi connectivity index (χ4n) is 2.37. The first-order valence-electron chi connectivity index (χ1n) is 7.91. The van der Waals surface area contributed by atoms with Crippen LogP contribution >= 0.6 is 0 Å².